The number of rotatable bonds is 6. The van der Waals surface area contributed by atoms with E-state index in [0.29, 0.717) is 56.1 Å². The quantitative estimate of drug-likeness (QED) is 0.379. The fourth-order valence-electron chi connectivity index (χ4n) is 5.43. The van der Waals surface area contributed by atoms with Crippen LogP contribution in [-0.2, 0) is 4.79 Å². The van der Waals surface area contributed by atoms with E-state index in [-0.39, 0.29) is 33.4 Å². The van der Waals surface area contributed by atoms with Gasteiger partial charge in [0.2, 0.25) is 17.9 Å². The summed E-state index contributed by atoms with van der Waals surface area (Å²) >= 11 is 6.16. The van der Waals surface area contributed by atoms with Gasteiger partial charge in [0.05, 0.1) is 5.69 Å². The van der Waals surface area contributed by atoms with Crippen LogP contribution in [0.5, 0.6) is 5.88 Å². The van der Waals surface area contributed by atoms with E-state index >= 15 is 0 Å². The van der Waals surface area contributed by atoms with Gasteiger partial charge in [0.15, 0.2) is 0 Å². The molecule has 2 saturated heterocycles. The highest BCUT2D eigenvalue weighted by molar-refractivity contribution is 6.30. The molecular formula is C27H28ClF3N6O3. The van der Waals surface area contributed by atoms with E-state index in [1.54, 1.807) is 25.1 Å². The number of piperidine rings is 1. The number of anilines is 2. The molecule has 13 heteroatoms. The summed E-state index contributed by atoms with van der Waals surface area (Å²) in [7, 11) is 0. The van der Waals surface area contributed by atoms with Crippen molar-refractivity contribution in [3.63, 3.8) is 0 Å². The fourth-order valence-corrected chi connectivity index (χ4v) is 5.61. The lowest BCUT2D eigenvalue weighted by Crippen LogP contribution is -2.41. The lowest BCUT2D eigenvalue weighted by molar-refractivity contribution is -0.198. The molecule has 0 bridgehead atoms. The van der Waals surface area contributed by atoms with Crippen molar-refractivity contribution in [3.05, 3.63) is 58.7 Å². The number of carboxylic acids is 1. The summed E-state index contributed by atoms with van der Waals surface area (Å²) in [6.45, 7) is 3.41. The van der Waals surface area contributed by atoms with Crippen molar-refractivity contribution in [1.82, 2.24) is 20.3 Å². The normalized spacial score (nSPS) is 19.5. The van der Waals surface area contributed by atoms with Crippen LogP contribution in [0.3, 0.4) is 0 Å². The lowest BCUT2D eigenvalue weighted by atomic mass is 9.76. The van der Waals surface area contributed by atoms with E-state index in [4.69, 9.17) is 22.1 Å². The summed E-state index contributed by atoms with van der Waals surface area (Å²) in [5, 5.41) is 12.6. The maximum atomic E-state index is 14.5. The molecule has 1 spiro atoms. The number of aromatic nitrogens is 3. The Kier molecular flexibility index (Phi) is 7.49. The van der Waals surface area contributed by atoms with Gasteiger partial charge in [-0.05, 0) is 55.9 Å². The number of alkyl halides is 3. The van der Waals surface area contributed by atoms with Crippen LogP contribution in [0, 0.1) is 12.3 Å². The lowest BCUT2D eigenvalue weighted by Gasteiger charge is -2.39. The Morgan fingerprint density at radius 1 is 1.20 bits per heavy atom. The molecule has 1 aromatic carbocycles. The number of halogens is 4. The number of nitrogens with two attached hydrogens (primary N) is 1. The second-order valence-electron chi connectivity index (χ2n) is 10.3. The van der Waals surface area contributed by atoms with Crippen molar-refractivity contribution in [2.75, 3.05) is 30.3 Å². The first-order chi connectivity index (χ1) is 18.9. The van der Waals surface area contributed by atoms with Gasteiger partial charge in [0.25, 0.3) is 0 Å². The first kappa shape index (κ1) is 27.9. The highest BCUT2D eigenvalue weighted by Crippen LogP contribution is 2.43. The van der Waals surface area contributed by atoms with Crippen molar-refractivity contribution in [2.24, 2.45) is 5.41 Å². The van der Waals surface area contributed by atoms with Crippen molar-refractivity contribution in [2.45, 2.75) is 44.5 Å². The van der Waals surface area contributed by atoms with Gasteiger partial charge < -0.3 is 25.8 Å². The van der Waals surface area contributed by atoms with E-state index in [0.717, 1.165) is 0 Å². The number of hydrogen-bond donors (Lipinski definition) is 3. The highest BCUT2D eigenvalue weighted by atomic mass is 35.5. The topological polar surface area (TPSA) is 126 Å². The minimum Gasteiger partial charge on any atom is -0.480 e. The summed E-state index contributed by atoms with van der Waals surface area (Å²) in [5.74, 6) is -1.07. The molecule has 2 fully saturated rings. The number of carbonyl (C=O) groups is 1. The highest BCUT2D eigenvalue weighted by Gasteiger charge is 2.46. The van der Waals surface area contributed by atoms with Gasteiger partial charge >= 0.3 is 12.1 Å². The van der Waals surface area contributed by atoms with E-state index < -0.39 is 24.3 Å². The van der Waals surface area contributed by atoms with Crippen molar-refractivity contribution < 1.29 is 27.8 Å². The SMILES string of the molecule is Cc1cccc(-c2cc(Cl)ccc2[C@@H](Oc2cc(N3CCC4(CC3)CN[C@H](C(=O)O)C4)nc(N)n2)C(F)(F)F)n1. The molecule has 40 heavy (non-hydrogen) atoms. The minimum atomic E-state index is -4.81. The van der Waals surface area contributed by atoms with Crippen LogP contribution < -0.4 is 20.7 Å². The molecule has 2 aromatic heterocycles. The Morgan fingerprint density at radius 2 is 1.95 bits per heavy atom. The first-order valence-electron chi connectivity index (χ1n) is 12.7. The summed E-state index contributed by atoms with van der Waals surface area (Å²) in [5.41, 5.74) is 6.73. The Balaban J connectivity index is 1.41. The van der Waals surface area contributed by atoms with Crippen molar-refractivity contribution in [1.29, 1.82) is 0 Å². The van der Waals surface area contributed by atoms with E-state index in [9.17, 15) is 23.1 Å². The minimum absolute atomic E-state index is 0.145. The molecule has 212 valence electrons. The fraction of sp³-hybridized carbons (Fsp3) is 0.407. The van der Waals surface area contributed by atoms with Gasteiger partial charge in [-0.25, -0.2) is 0 Å². The van der Waals surface area contributed by atoms with Gasteiger partial charge in [-0.15, -0.1) is 0 Å². The largest absolute Gasteiger partial charge is 0.480 e. The zero-order chi connectivity index (χ0) is 28.7. The third-order valence-electron chi connectivity index (χ3n) is 7.51. The molecule has 2 aliphatic heterocycles. The molecule has 0 amide bonds. The number of pyridine rings is 1. The molecule has 4 N–H and O–H groups in total. The van der Waals surface area contributed by atoms with Gasteiger partial charge in [-0.2, -0.15) is 23.1 Å². The molecule has 4 heterocycles. The van der Waals surface area contributed by atoms with Crippen LogP contribution in [0.4, 0.5) is 24.9 Å². The van der Waals surface area contributed by atoms with Gasteiger partial charge in [-0.1, -0.05) is 23.7 Å². The second kappa shape index (κ2) is 10.7. The predicted octanol–water partition coefficient (Wildman–Crippen LogP) is 4.80. The van der Waals surface area contributed by atoms with Crippen LogP contribution in [0.1, 0.15) is 36.6 Å². The van der Waals surface area contributed by atoms with Gasteiger partial charge in [-0.3, -0.25) is 9.78 Å². The number of aryl methyl sites for hydroxylation is 1. The summed E-state index contributed by atoms with van der Waals surface area (Å²) in [6.07, 6.45) is -5.26. The van der Waals surface area contributed by atoms with Gasteiger partial charge in [0.1, 0.15) is 11.9 Å². The summed E-state index contributed by atoms with van der Waals surface area (Å²) in [4.78, 5) is 25.8. The number of aliphatic carboxylic acids is 1. The molecule has 0 saturated carbocycles. The number of nitrogen functional groups attached to an aromatic ring is 1. The summed E-state index contributed by atoms with van der Waals surface area (Å²) in [6, 6.07) is 9.90. The van der Waals surface area contributed by atoms with E-state index in [1.807, 2.05) is 4.90 Å². The van der Waals surface area contributed by atoms with Crippen LogP contribution in [0.2, 0.25) is 5.02 Å². The Bertz CT molecular complexity index is 1410. The molecule has 0 unspecified atom stereocenters. The molecule has 3 aromatic rings. The average molecular weight is 577 g/mol. The standard InChI is InChI=1S/C27H28ClF3N6O3/c1-15-3-2-4-19(34-15)18-11-16(28)5-6-17(18)23(27(29,30)31)40-22-12-21(35-25(32)36-22)37-9-7-26(8-10-37)13-20(24(38)39)33-14-26/h2-6,11-12,20,23,33H,7-10,13-14H2,1H3,(H,38,39)(H2,32,35,36)/t20-,23+/m0/s1. The average Bonchev–Trinajstić information content (AvgIpc) is 3.31. The molecular weight excluding hydrogens is 549 g/mol. The molecule has 0 radical (unpaired) electrons. The zero-order valence-corrected chi connectivity index (χ0v) is 22.3. The first-order valence-corrected chi connectivity index (χ1v) is 13.1. The number of nitrogens with zero attached hydrogens (tertiary/aromatic N) is 4. The summed E-state index contributed by atoms with van der Waals surface area (Å²) < 4.78 is 48.9. The van der Waals surface area contributed by atoms with E-state index in [2.05, 4.69) is 20.3 Å². The molecule has 5 rings (SSSR count). The van der Waals surface area contributed by atoms with Crippen LogP contribution in [-0.4, -0.2) is 57.9 Å². The number of ether oxygens (including phenoxy) is 1. The second-order valence-corrected chi connectivity index (χ2v) is 10.8. The number of nitrogens with one attached hydrogen (secondary N) is 1. The third kappa shape index (κ3) is 5.92. The molecule has 2 atom stereocenters. The van der Waals surface area contributed by atoms with Crippen molar-refractivity contribution >= 4 is 29.3 Å². The number of hydrogen-bond acceptors (Lipinski definition) is 8. The van der Waals surface area contributed by atoms with Crippen LogP contribution in [0.15, 0.2) is 42.5 Å². The maximum absolute atomic E-state index is 14.5. The van der Waals surface area contributed by atoms with Crippen LogP contribution >= 0.6 is 11.6 Å². The molecule has 9 nitrogen and oxygen atoms in total. The van der Waals surface area contributed by atoms with Crippen molar-refractivity contribution in [3.8, 4) is 17.1 Å². The Morgan fingerprint density at radius 3 is 2.60 bits per heavy atom. The van der Waals surface area contributed by atoms with E-state index in [1.165, 1.54) is 24.3 Å². The predicted molar refractivity (Wildman–Crippen MR) is 143 cm³/mol. The Hall–Kier alpha value is -3.64. The monoisotopic (exact) mass is 576 g/mol. The molecule has 0 aliphatic carbocycles. The van der Waals surface area contributed by atoms with Crippen LogP contribution in [0.25, 0.3) is 11.3 Å². The molecule has 2 aliphatic rings. The van der Waals surface area contributed by atoms with Gasteiger partial charge in [0, 0.05) is 47.5 Å². The maximum Gasteiger partial charge on any atom is 0.429 e. The number of benzene rings is 1. The zero-order valence-electron chi connectivity index (χ0n) is 21.6. The third-order valence-corrected chi connectivity index (χ3v) is 7.75. The number of carboxylic acid groups (broad SMARTS) is 1. The Labute approximate surface area is 233 Å². The smallest absolute Gasteiger partial charge is 0.429 e.